The van der Waals surface area contributed by atoms with Crippen LogP contribution in [-0.4, -0.2) is 46.6 Å². The third kappa shape index (κ3) is 4.31. The smallest absolute Gasteiger partial charge is 0.255 e. The molecular formula is C18H18ClNO6S2. The van der Waals surface area contributed by atoms with Crippen LogP contribution in [0.4, 0.5) is 5.69 Å². The van der Waals surface area contributed by atoms with Gasteiger partial charge in [0.15, 0.2) is 19.7 Å². The largest absolute Gasteiger partial charge is 0.495 e. The van der Waals surface area contributed by atoms with E-state index in [4.69, 9.17) is 16.3 Å². The zero-order valence-electron chi connectivity index (χ0n) is 14.9. The standard InChI is InChI=1S/C18H18ClNO6S2/c1-26-17-6-5-13(10-16(17)19)20-18(21)12-3-2-4-14(9-12)28(24,25)15-7-8-27(22,23)11-15/h2-6,9-10,15H,7-8,11H2,1H3,(H,20,21)/t15-/m0/s1. The van der Waals surface area contributed by atoms with E-state index >= 15 is 0 Å². The summed E-state index contributed by atoms with van der Waals surface area (Å²) in [6, 6.07) is 10.3. The van der Waals surface area contributed by atoms with Crippen molar-refractivity contribution in [2.75, 3.05) is 23.9 Å². The van der Waals surface area contributed by atoms with Crippen LogP contribution in [0.15, 0.2) is 47.4 Å². The molecule has 1 amide bonds. The lowest BCUT2D eigenvalue weighted by Crippen LogP contribution is -2.23. The Kier molecular flexibility index (Phi) is 5.69. The summed E-state index contributed by atoms with van der Waals surface area (Å²) in [7, 11) is -5.72. The third-order valence-corrected chi connectivity index (χ3v) is 8.93. The number of benzene rings is 2. The molecule has 0 aliphatic carbocycles. The van der Waals surface area contributed by atoms with Gasteiger partial charge in [0, 0.05) is 11.3 Å². The first kappa shape index (κ1) is 20.6. The SMILES string of the molecule is COc1ccc(NC(=O)c2cccc(S(=O)(=O)[C@H]3CCS(=O)(=O)C3)c2)cc1Cl. The van der Waals surface area contributed by atoms with Crippen LogP contribution in [0.3, 0.4) is 0 Å². The van der Waals surface area contributed by atoms with E-state index in [9.17, 15) is 21.6 Å². The number of nitrogens with one attached hydrogen (secondary N) is 1. The van der Waals surface area contributed by atoms with Crippen LogP contribution in [-0.2, 0) is 19.7 Å². The van der Waals surface area contributed by atoms with Gasteiger partial charge < -0.3 is 10.1 Å². The second-order valence-electron chi connectivity index (χ2n) is 6.40. The normalized spacial score (nSPS) is 18.6. The quantitative estimate of drug-likeness (QED) is 0.761. The van der Waals surface area contributed by atoms with E-state index in [1.807, 2.05) is 0 Å². The Morgan fingerprint density at radius 3 is 2.57 bits per heavy atom. The summed E-state index contributed by atoms with van der Waals surface area (Å²) in [4.78, 5) is 12.4. The van der Waals surface area contributed by atoms with E-state index < -0.39 is 36.6 Å². The Balaban J connectivity index is 1.83. The average molecular weight is 444 g/mol. The van der Waals surface area contributed by atoms with Crippen molar-refractivity contribution in [3.05, 3.63) is 53.1 Å². The molecule has 1 aliphatic rings. The van der Waals surface area contributed by atoms with Crippen LogP contribution in [0.5, 0.6) is 5.75 Å². The fraction of sp³-hybridized carbons (Fsp3) is 0.278. The molecule has 3 rings (SSSR count). The average Bonchev–Trinajstić information content (AvgIpc) is 3.02. The number of ether oxygens (including phenoxy) is 1. The Morgan fingerprint density at radius 2 is 1.96 bits per heavy atom. The number of hydrogen-bond donors (Lipinski definition) is 1. The summed E-state index contributed by atoms with van der Waals surface area (Å²) in [5, 5.41) is 1.97. The highest BCUT2D eigenvalue weighted by Crippen LogP contribution is 2.28. The molecule has 10 heteroatoms. The molecule has 7 nitrogen and oxygen atoms in total. The predicted octanol–water partition coefficient (Wildman–Crippen LogP) is 2.56. The van der Waals surface area contributed by atoms with Crippen LogP contribution < -0.4 is 10.1 Å². The number of hydrogen-bond acceptors (Lipinski definition) is 6. The molecule has 0 aromatic heterocycles. The number of carbonyl (C=O) groups excluding carboxylic acids is 1. The molecule has 2 aromatic rings. The Bertz CT molecular complexity index is 1130. The molecule has 2 aromatic carbocycles. The lowest BCUT2D eigenvalue weighted by Gasteiger charge is -2.12. The Morgan fingerprint density at radius 1 is 1.21 bits per heavy atom. The molecule has 0 spiro atoms. The Hall–Kier alpha value is -2.10. The fourth-order valence-electron chi connectivity index (χ4n) is 2.96. The van der Waals surface area contributed by atoms with E-state index in [2.05, 4.69) is 5.32 Å². The van der Waals surface area contributed by atoms with E-state index in [0.29, 0.717) is 16.5 Å². The van der Waals surface area contributed by atoms with Crippen molar-refractivity contribution in [1.29, 1.82) is 0 Å². The van der Waals surface area contributed by atoms with Crippen molar-refractivity contribution in [1.82, 2.24) is 0 Å². The van der Waals surface area contributed by atoms with E-state index in [0.717, 1.165) is 0 Å². The first-order valence-electron chi connectivity index (χ1n) is 8.32. The molecule has 1 aliphatic heterocycles. The molecule has 1 N–H and O–H groups in total. The number of methoxy groups -OCH3 is 1. The van der Waals surface area contributed by atoms with E-state index in [1.165, 1.54) is 37.4 Å². The maximum atomic E-state index is 12.7. The first-order valence-corrected chi connectivity index (χ1v) is 12.1. The molecule has 28 heavy (non-hydrogen) atoms. The zero-order chi connectivity index (χ0) is 20.5. The Labute approximate surface area is 168 Å². The second kappa shape index (κ2) is 7.73. The molecule has 1 heterocycles. The van der Waals surface area contributed by atoms with Gasteiger partial charge in [0.1, 0.15) is 5.75 Å². The second-order valence-corrected chi connectivity index (χ2v) is 11.3. The summed E-state index contributed by atoms with van der Waals surface area (Å²) in [5.74, 6) is -0.595. The monoisotopic (exact) mass is 443 g/mol. The molecule has 1 saturated heterocycles. The number of halogens is 1. The van der Waals surface area contributed by atoms with Crippen molar-refractivity contribution in [2.24, 2.45) is 0 Å². The lowest BCUT2D eigenvalue weighted by molar-refractivity contribution is 0.102. The maximum absolute atomic E-state index is 12.7. The van der Waals surface area contributed by atoms with Gasteiger partial charge in [-0.05, 0) is 42.8 Å². The van der Waals surface area contributed by atoms with Crippen molar-refractivity contribution in [3.63, 3.8) is 0 Å². The minimum atomic E-state index is -3.85. The van der Waals surface area contributed by atoms with Crippen LogP contribution in [0.2, 0.25) is 5.02 Å². The summed E-state index contributed by atoms with van der Waals surface area (Å²) in [6.07, 6.45) is 0.0610. The lowest BCUT2D eigenvalue weighted by atomic mass is 10.2. The number of rotatable bonds is 5. The molecule has 0 unspecified atom stereocenters. The number of anilines is 1. The zero-order valence-corrected chi connectivity index (χ0v) is 17.3. The highest BCUT2D eigenvalue weighted by atomic mass is 35.5. The van der Waals surface area contributed by atoms with Crippen molar-refractivity contribution in [2.45, 2.75) is 16.6 Å². The minimum absolute atomic E-state index is 0.0610. The van der Waals surface area contributed by atoms with Crippen LogP contribution in [0, 0.1) is 0 Å². The number of sulfone groups is 2. The van der Waals surface area contributed by atoms with Gasteiger partial charge in [-0.25, -0.2) is 16.8 Å². The van der Waals surface area contributed by atoms with Gasteiger partial charge in [0.25, 0.3) is 5.91 Å². The topological polar surface area (TPSA) is 107 Å². The van der Waals surface area contributed by atoms with Crippen molar-refractivity contribution < 1.29 is 26.4 Å². The van der Waals surface area contributed by atoms with Gasteiger partial charge in [-0.1, -0.05) is 17.7 Å². The van der Waals surface area contributed by atoms with Crippen LogP contribution in [0.1, 0.15) is 16.8 Å². The number of carbonyl (C=O) groups is 1. The predicted molar refractivity (Wildman–Crippen MR) is 107 cm³/mol. The molecule has 1 fully saturated rings. The molecule has 150 valence electrons. The molecule has 0 radical (unpaired) electrons. The minimum Gasteiger partial charge on any atom is -0.495 e. The molecule has 0 bridgehead atoms. The fourth-order valence-corrected chi connectivity index (χ4v) is 7.62. The summed E-state index contributed by atoms with van der Waals surface area (Å²) < 4.78 is 53.8. The van der Waals surface area contributed by atoms with Crippen LogP contribution in [0.25, 0.3) is 0 Å². The molecule has 1 atom stereocenters. The van der Waals surface area contributed by atoms with Crippen molar-refractivity contribution >= 4 is 42.9 Å². The summed E-state index contributed by atoms with van der Waals surface area (Å²) >= 11 is 6.04. The highest BCUT2D eigenvalue weighted by molar-refractivity contribution is 7.96. The van der Waals surface area contributed by atoms with Gasteiger partial charge in [0.05, 0.1) is 33.8 Å². The van der Waals surface area contributed by atoms with Crippen LogP contribution >= 0.6 is 11.6 Å². The van der Waals surface area contributed by atoms with Crippen molar-refractivity contribution in [3.8, 4) is 5.75 Å². The number of amides is 1. The van der Waals surface area contributed by atoms with Gasteiger partial charge in [0.2, 0.25) is 0 Å². The molecular weight excluding hydrogens is 426 g/mol. The third-order valence-electron chi connectivity index (χ3n) is 4.46. The maximum Gasteiger partial charge on any atom is 0.255 e. The molecule has 0 saturated carbocycles. The summed E-state index contributed by atoms with van der Waals surface area (Å²) in [5.41, 5.74) is 0.555. The van der Waals surface area contributed by atoms with Gasteiger partial charge in [-0.3, -0.25) is 4.79 Å². The van der Waals surface area contributed by atoms with E-state index in [1.54, 1.807) is 12.1 Å². The summed E-state index contributed by atoms with van der Waals surface area (Å²) in [6.45, 7) is 0. The highest BCUT2D eigenvalue weighted by Gasteiger charge is 2.38. The van der Waals surface area contributed by atoms with Gasteiger partial charge in [-0.2, -0.15) is 0 Å². The first-order chi connectivity index (χ1) is 13.1. The van der Waals surface area contributed by atoms with E-state index in [-0.39, 0.29) is 22.6 Å². The van der Waals surface area contributed by atoms with Gasteiger partial charge >= 0.3 is 0 Å². The van der Waals surface area contributed by atoms with Gasteiger partial charge in [-0.15, -0.1) is 0 Å².